The van der Waals surface area contributed by atoms with Gasteiger partial charge in [0.2, 0.25) is 0 Å². The average Bonchev–Trinajstić information content (AvgIpc) is 2.03. The third-order valence-electron chi connectivity index (χ3n) is 1.75. The van der Waals surface area contributed by atoms with E-state index < -0.39 is 6.17 Å². The Hall–Kier alpha value is -0.370. The molecule has 1 unspecified atom stereocenters. The summed E-state index contributed by atoms with van der Waals surface area (Å²) in [4.78, 5) is 0. The largest absolute Gasteiger partial charge is 0.242 e. The summed E-state index contributed by atoms with van der Waals surface area (Å²) >= 11 is 3.31. The number of hydrogen-bond donors (Lipinski definition) is 0. The highest BCUT2D eigenvalue weighted by molar-refractivity contribution is 9.10. The molecular formula is C10H12BrF. The first-order valence-corrected chi connectivity index (χ1v) is 4.80. The third kappa shape index (κ3) is 2.31. The Morgan fingerprint density at radius 3 is 2.50 bits per heavy atom. The first-order chi connectivity index (χ1) is 5.61. The smallest absolute Gasteiger partial charge is 0.127 e. The zero-order chi connectivity index (χ0) is 9.14. The van der Waals surface area contributed by atoms with Crippen LogP contribution in [0.15, 0.2) is 28.7 Å². The quantitative estimate of drug-likeness (QED) is 0.718. The minimum atomic E-state index is -0.859. The Balaban J connectivity index is 2.88. The molecule has 1 aromatic carbocycles. The van der Waals surface area contributed by atoms with Gasteiger partial charge in [-0.15, -0.1) is 0 Å². The van der Waals surface area contributed by atoms with E-state index in [1.807, 2.05) is 38.1 Å². The predicted molar refractivity (Wildman–Crippen MR) is 52.8 cm³/mol. The molecule has 0 radical (unpaired) electrons. The van der Waals surface area contributed by atoms with Gasteiger partial charge < -0.3 is 0 Å². The van der Waals surface area contributed by atoms with E-state index in [0.717, 1.165) is 10.0 Å². The van der Waals surface area contributed by atoms with Gasteiger partial charge in [-0.25, -0.2) is 4.39 Å². The normalized spacial score (nSPS) is 13.4. The van der Waals surface area contributed by atoms with Crippen LogP contribution in [-0.2, 0) is 0 Å². The van der Waals surface area contributed by atoms with E-state index >= 15 is 0 Å². The molecule has 0 aliphatic heterocycles. The molecule has 0 spiro atoms. The van der Waals surface area contributed by atoms with E-state index in [4.69, 9.17) is 0 Å². The van der Waals surface area contributed by atoms with Crippen molar-refractivity contribution in [3.8, 4) is 0 Å². The van der Waals surface area contributed by atoms with Crippen LogP contribution >= 0.6 is 15.9 Å². The van der Waals surface area contributed by atoms with Crippen LogP contribution in [0, 0.1) is 5.92 Å². The van der Waals surface area contributed by atoms with Crippen molar-refractivity contribution < 1.29 is 4.39 Å². The number of halogens is 2. The van der Waals surface area contributed by atoms with Crippen LogP contribution in [0.3, 0.4) is 0 Å². The van der Waals surface area contributed by atoms with Crippen LogP contribution in [0.4, 0.5) is 4.39 Å². The van der Waals surface area contributed by atoms with Crippen LogP contribution in [0.1, 0.15) is 25.6 Å². The lowest BCUT2D eigenvalue weighted by Gasteiger charge is -2.11. The van der Waals surface area contributed by atoms with Gasteiger partial charge in [0.05, 0.1) is 0 Å². The SMILES string of the molecule is CC(C)C(F)c1cccc(Br)c1. The maximum atomic E-state index is 13.4. The molecule has 0 aliphatic carbocycles. The maximum Gasteiger partial charge on any atom is 0.127 e. The predicted octanol–water partition coefficient (Wildman–Crippen LogP) is 4.12. The molecule has 0 saturated carbocycles. The van der Waals surface area contributed by atoms with Crippen molar-refractivity contribution in [2.24, 2.45) is 5.92 Å². The highest BCUT2D eigenvalue weighted by Crippen LogP contribution is 2.27. The molecule has 1 rings (SSSR count). The molecule has 0 bridgehead atoms. The van der Waals surface area contributed by atoms with Crippen molar-refractivity contribution in [2.45, 2.75) is 20.0 Å². The number of hydrogen-bond acceptors (Lipinski definition) is 0. The van der Waals surface area contributed by atoms with Gasteiger partial charge in [-0.3, -0.25) is 0 Å². The number of rotatable bonds is 2. The Morgan fingerprint density at radius 1 is 1.33 bits per heavy atom. The summed E-state index contributed by atoms with van der Waals surface area (Å²) in [6.07, 6.45) is -0.859. The van der Waals surface area contributed by atoms with Crippen LogP contribution in [0.25, 0.3) is 0 Å². The fourth-order valence-corrected chi connectivity index (χ4v) is 1.48. The van der Waals surface area contributed by atoms with Crippen LogP contribution in [0.2, 0.25) is 0 Å². The summed E-state index contributed by atoms with van der Waals surface area (Å²) in [6.45, 7) is 3.76. The van der Waals surface area contributed by atoms with Crippen molar-refractivity contribution in [1.29, 1.82) is 0 Å². The van der Waals surface area contributed by atoms with E-state index in [9.17, 15) is 4.39 Å². The minimum absolute atomic E-state index is 0.0410. The summed E-state index contributed by atoms with van der Waals surface area (Å²) in [7, 11) is 0. The molecule has 2 heteroatoms. The molecule has 0 saturated heterocycles. The zero-order valence-electron chi connectivity index (χ0n) is 7.22. The lowest BCUT2D eigenvalue weighted by molar-refractivity contribution is 0.261. The number of benzene rings is 1. The molecule has 12 heavy (non-hydrogen) atoms. The second-order valence-electron chi connectivity index (χ2n) is 3.20. The van der Waals surface area contributed by atoms with E-state index in [1.54, 1.807) is 0 Å². The van der Waals surface area contributed by atoms with Gasteiger partial charge in [0.1, 0.15) is 6.17 Å². The van der Waals surface area contributed by atoms with Crippen molar-refractivity contribution in [1.82, 2.24) is 0 Å². The summed E-state index contributed by atoms with van der Waals surface area (Å²) in [5, 5.41) is 0. The Kier molecular flexibility index (Phi) is 3.27. The second-order valence-corrected chi connectivity index (χ2v) is 4.12. The Bertz CT molecular complexity index is 258. The molecule has 0 aromatic heterocycles. The summed E-state index contributed by atoms with van der Waals surface area (Å²) in [6, 6.07) is 7.39. The third-order valence-corrected chi connectivity index (χ3v) is 2.25. The molecule has 0 amide bonds. The first-order valence-electron chi connectivity index (χ1n) is 4.01. The van der Waals surface area contributed by atoms with Crippen molar-refractivity contribution >= 4 is 15.9 Å². The molecule has 0 nitrogen and oxygen atoms in total. The van der Waals surface area contributed by atoms with Gasteiger partial charge in [-0.05, 0) is 23.6 Å². The molecule has 0 aliphatic rings. The Morgan fingerprint density at radius 2 is 2.00 bits per heavy atom. The van der Waals surface area contributed by atoms with Gasteiger partial charge in [0.25, 0.3) is 0 Å². The fraction of sp³-hybridized carbons (Fsp3) is 0.400. The average molecular weight is 231 g/mol. The standard InChI is InChI=1S/C10H12BrF/c1-7(2)10(12)8-4-3-5-9(11)6-8/h3-7,10H,1-2H3. The topological polar surface area (TPSA) is 0 Å². The van der Waals surface area contributed by atoms with E-state index in [1.165, 1.54) is 0 Å². The lowest BCUT2D eigenvalue weighted by atomic mass is 10.0. The molecule has 1 atom stereocenters. The summed E-state index contributed by atoms with van der Waals surface area (Å²) in [5.74, 6) is 0.0410. The Labute approximate surface area is 80.9 Å². The highest BCUT2D eigenvalue weighted by Gasteiger charge is 2.13. The first kappa shape index (κ1) is 9.72. The fourth-order valence-electron chi connectivity index (χ4n) is 1.06. The van der Waals surface area contributed by atoms with Gasteiger partial charge in [0.15, 0.2) is 0 Å². The molecule has 0 fully saturated rings. The van der Waals surface area contributed by atoms with Gasteiger partial charge >= 0.3 is 0 Å². The van der Waals surface area contributed by atoms with Crippen molar-refractivity contribution in [3.63, 3.8) is 0 Å². The highest BCUT2D eigenvalue weighted by atomic mass is 79.9. The second kappa shape index (κ2) is 4.04. The van der Waals surface area contributed by atoms with Gasteiger partial charge in [-0.1, -0.05) is 41.9 Å². The van der Waals surface area contributed by atoms with Crippen molar-refractivity contribution in [2.75, 3.05) is 0 Å². The molecule has 0 N–H and O–H groups in total. The monoisotopic (exact) mass is 230 g/mol. The maximum absolute atomic E-state index is 13.4. The van der Waals surface area contributed by atoms with Crippen LogP contribution in [-0.4, -0.2) is 0 Å². The van der Waals surface area contributed by atoms with Gasteiger partial charge in [0, 0.05) is 4.47 Å². The molecular weight excluding hydrogens is 219 g/mol. The van der Waals surface area contributed by atoms with E-state index in [2.05, 4.69) is 15.9 Å². The molecule has 66 valence electrons. The van der Waals surface area contributed by atoms with Crippen LogP contribution in [0.5, 0.6) is 0 Å². The lowest BCUT2D eigenvalue weighted by Crippen LogP contribution is -1.99. The van der Waals surface area contributed by atoms with Crippen LogP contribution < -0.4 is 0 Å². The van der Waals surface area contributed by atoms with E-state index in [-0.39, 0.29) is 5.92 Å². The molecule has 1 aromatic rings. The van der Waals surface area contributed by atoms with E-state index in [0.29, 0.717) is 0 Å². The number of alkyl halides is 1. The van der Waals surface area contributed by atoms with Gasteiger partial charge in [-0.2, -0.15) is 0 Å². The summed E-state index contributed by atoms with van der Waals surface area (Å²) in [5.41, 5.74) is 0.749. The summed E-state index contributed by atoms with van der Waals surface area (Å²) < 4.78 is 14.4. The molecule has 0 heterocycles. The van der Waals surface area contributed by atoms with Crippen molar-refractivity contribution in [3.05, 3.63) is 34.3 Å². The zero-order valence-corrected chi connectivity index (χ0v) is 8.81. The minimum Gasteiger partial charge on any atom is -0.242 e.